The molecule has 0 bridgehead atoms. The summed E-state index contributed by atoms with van der Waals surface area (Å²) in [6.45, 7) is 0.0393. The van der Waals surface area contributed by atoms with E-state index >= 15 is 0 Å². The molecule has 0 aliphatic rings. The summed E-state index contributed by atoms with van der Waals surface area (Å²) in [4.78, 5) is 15.3. The lowest BCUT2D eigenvalue weighted by Gasteiger charge is -2.00. The van der Waals surface area contributed by atoms with Crippen LogP contribution in [0, 0.1) is 0 Å². The van der Waals surface area contributed by atoms with Crippen LogP contribution in [0.25, 0.3) is 5.76 Å². The molecule has 1 heterocycles. The van der Waals surface area contributed by atoms with Gasteiger partial charge in [0.25, 0.3) is 0 Å². The van der Waals surface area contributed by atoms with Gasteiger partial charge in [0.2, 0.25) is 0 Å². The lowest BCUT2D eigenvalue weighted by Crippen LogP contribution is -2.08. The predicted octanol–water partition coefficient (Wildman–Crippen LogP) is 2.10. The molecule has 6 heteroatoms. The summed E-state index contributed by atoms with van der Waals surface area (Å²) in [7, 11) is 0. The van der Waals surface area contributed by atoms with Crippen molar-refractivity contribution < 1.29 is 9.90 Å². The molecule has 0 saturated heterocycles. The molecule has 0 spiro atoms. The molecule has 1 aromatic heterocycles. The molecule has 0 saturated carbocycles. The van der Waals surface area contributed by atoms with E-state index in [1.54, 1.807) is 24.3 Å². The highest BCUT2D eigenvalue weighted by molar-refractivity contribution is 6.30. The first-order chi connectivity index (χ1) is 8.65. The predicted molar refractivity (Wildman–Crippen MR) is 67.1 cm³/mol. The number of aliphatic hydroxyl groups excluding tert-OH is 1. The second kappa shape index (κ2) is 5.46. The third-order valence-corrected chi connectivity index (χ3v) is 2.47. The maximum atomic E-state index is 11.6. The molecule has 2 aromatic rings. The van der Waals surface area contributed by atoms with Crippen molar-refractivity contribution in [3.05, 3.63) is 53.6 Å². The Morgan fingerprint density at radius 1 is 1.39 bits per heavy atom. The van der Waals surface area contributed by atoms with Crippen molar-refractivity contribution in [2.75, 3.05) is 0 Å². The monoisotopic (exact) mass is 263 g/mol. The molecular weight excluding hydrogens is 254 g/mol. The zero-order valence-electron chi connectivity index (χ0n) is 9.32. The number of hydrogen-bond acceptors (Lipinski definition) is 4. The Morgan fingerprint density at radius 3 is 2.72 bits per heavy atom. The van der Waals surface area contributed by atoms with Gasteiger partial charge in [0.1, 0.15) is 25.0 Å². The summed E-state index contributed by atoms with van der Waals surface area (Å²) in [6, 6.07) is 6.56. The molecule has 0 unspecified atom stereocenters. The fourth-order valence-corrected chi connectivity index (χ4v) is 1.50. The van der Waals surface area contributed by atoms with Crippen LogP contribution < -0.4 is 0 Å². The Morgan fingerprint density at radius 2 is 2.11 bits per heavy atom. The maximum absolute atomic E-state index is 11.6. The molecule has 1 N–H and O–H groups in total. The van der Waals surface area contributed by atoms with E-state index in [1.165, 1.54) is 17.3 Å². The van der Waals surface area contributed by atoms with Crippen LogP contribution in [0.5, 0.6) is 0 Å². The van der Waals surface area contributed by atoms with E-state index in [2.05, 4.69) is 10.1 Å². The Hall–Kier alpha value is -2.14. The summed E-state index contributed by atoms with van der Waals surface area (Å²) in [5.74, 6) is -0.371. The van der Waals surface area contributed by atoms with Gasteiger partial charge in [0.05, 0.1) is 0 Å². The molecule has 0 radical (unpaired) electrons. The van der Waals surface area contributed by atoms with Crippen molar-refractivity contribution in [2.45, 2.75) is 6.54 Å². The van der Waals surface area contributed by atoms with E-state index in [9.17, 15) is 9.90 Å². The molecule has 2 rings (SSSR count). The molecule has 18 heavy (non-hydrogen) atoms. The van der Waals surface area contributed by atoms with Crippen LogP contribution in [-0.4, -0.2) is 25.7 Å². The second-order valence-corrected chi connectivity index (χ2v) is 4.03. The number of halogens is 1. The van der Waals surface area contributed by atoms with E-state index in [-0.39, 0.29) is 18.1 Å². The minimum absolute atomic E-state index is 0.0393. The van der Waals surface area contributed by atoms with Gasteiger partial charge in [-0.1, -0.05) is 11.6 Å². The highest BCUT2D eigenvalue weighted by atomic mass is 35.5. The lowest BCUT2D eigenvalue weighted by atomic mass is 10.1. The van der Waals surface area contributed by atoms with Crippen molar-refractivity contribution in [3.8, 4) is 0 Å². The van der Waals surface area contributed by atoms with Gasteiger partial charge in [-0.2, -0.15) is 5.10 Å². The molecule has 0 atom stereocenters. The van der Waals surface area contributed by atoms with Gasteiger partial charge >= 0.3 is 0 Å². The molecule has 5 nitrogen and oxygen atoms in total. The SMILES string of the molecule is O=C(C=C(O)c1ccc(Cl)cc1)Cn1cncn1. The average molecular weight is 264 g/mol. The Labute approximate surface area is 108 Å². The van der Waals surface area contributed by atoms with Crippen molar-refractivity contribution in [1.82, 2.24) is 14.8 Å². The standard InChI is InChI=1S/C12H10ClN3O2/c13-10-3-1-9(2-4-10)12(18)5-11(17)6-16-8-14-7-15-16/h1-5,7-8,18H,6H2. The first-order valence-electron chi connectivity index (χ1n) is 5.17. The summed E-state index contributed by atoms with van der Waals surface area (Å²) in [5.41, 5.74) is 0.534. The average Bonchev–Trinajstić information content (AvgIpc) is 2.82. The number of carbonyl (C=O) groups excluding carboxylic acids is 1. The van der Waals surface area contributed by atoms with Crippen molar-refractivity contribution in [2.24, 2.45) is 0 Å². The highest BCUT2D eigenvalue weighted by Crippen LogP contribution is 2.15. The Balaban J connectivity index is 2.08. The fraction of sp³-hybridized carbons (Fsp3) is 0.0833. The number of hydrogen-bond donors (Lipinski definition) is 1. The van der Waals surface area contributed by atoms with Crippen molar-refractivity contribution in [3.63, 3.8) is 0 Å². The summed E-state index contributed by atoms with van der Waals surface area (Å²) in [5, 5.41) is 14.1. The second-order valence-electron chi connectivity index (χ2n) is 3.60. The van der Waals surface area contributed by atoms with Gasteiger partial charge in [-0.15, -0.1) is 0 Å². The number of carbonyl (C=O) groups is 1. The third kappa shape index (κ3) is 3.18. The van der Waals surface area contributed by atoms with Gasteiger partial charge in [-0.25, -0.2) is 9.67 Å². The first-order valence-corrected chi connectivity index (χ1v) is 5.55. The van der Waals surface area contributed by atoms with Crippen molar-refractivity contribution in [1.29, 1.82) is 0 Å². The van der Waals surface area contributed by atoms with Crippen LogP contribution in [0.2, 0.25) is 5.02 Å². The number of ketones is 1. The minimum Gasteiger partial charge on any atom is -0.507 e. The largest absolute Gasteiger partial charge is 0.507 e. The van der Waals surface area contributed by atoms with E-state index in [1.807, 2.05) is 0 Å². The number of aromatic nitrogens is 3. The van der Waals surface area contributed by atoms with E-state index in [0.29, 0.717) is 10.6 Å². The van der Waals surface area contributed by atoms with Crippen LogP contribution in [0.3, 0.4) is 0 Å². The number of aliphatic hydroxyl groups is 1. The molecular formula is C12H10ClN3O2. The van der Waals surface area contributed by atoms with E-state index < -0.39 is 0 Å². The molecule has 0 aliphatic heterocycles. The minimum atomic E-state index is -0.270. The number of nitrogens with zero attached hydrogens (tertiary/aromatic N) is 3. The molecule has 1 aromatic carbocycles. The highest BCUT2D eigenvalue weighted by Gasteiger charge is 2.04. The topological polar surface area (TPSA) is 68.0 Å². The third-order valence-electron chi connectivity index (χ3n) is 2.22. The summed E-state index contributed by atoms with van der Waals surface area (Å²) < 4.78 is 1.38. The lowest BCUT2D eigenvalue weighted by molar-refractivity contribution is -0.115. The van der Waals surface area contributed by atoms with Gasteiger partial charge in [0, 0.05) is 16.7 Å². The molecule has 0 amide bonds. The quantitative estimate of drug-likeness (QED) is 0.678. The van der Waals surface area contributed by atoms with Gasteiger partial charge in [0.15, 0.2) is 5.78 Å². The zero-order chi connectivity index (χ0) is 13.0. The molecule has 92 valence electrons. The number of rotatable bonds is 4. The summed E-state index contributed by atoms with van der Waals surface area (Å²) >= 11 is 5.73. The molecule has 0 aliphatic carbocycles. The van der Waals surface area contributed by atoms with E-state index in [0.717, 1.165) is 6.08 Å². The number of allylic oxidation sites excluding steroid dienone is 1. The van der Waals surface area contributed by atoms with E-state index in [4.69, 9.17) is 11.6 Å². The van der Waals surface area contributed by atoms with Crippen LogP contribution in [0.15, 0.2) is 43.0 Å². The van der Waals surface area contributed by atoms with Gasteiger partial charge in [-0.05, 0) is 24.3 Å². The number of benzene rings is 1. The van der Waals surface area contributed by atoms with Gasteiger partial charge in [-0.3, -0.25) is 4.79 Å². The van der Waals surface area contributed by atoms with Crippen LogP contribution >= 0.6 is 11.6 Å². The fourth-order valence-electron chi connectivity index (χ4n) is 1.38. The van der Waals surface area contributed by atoms with Crippen molar-refractivity contribution >= 4 is 23.1 Å². The first kappa shape index (κ1) is 12.3. The molecule has 0 fully saturated rings. The Bertz CT molecular complexity index is 562. The van der Waals surface area contributed by atoms with Crippen LogP contribution in [0.1, 0.15) is 5.56 Å². The van der Waals surface area contributed by atoms with Crippen LogP contribution in [-0.2, 0) is 11.3 Å². The van der Waals surface area contributed by atoms with Gasteiger partial charge < -0.3 is 5.11 Å². The smallest absolute Gasteiger partial charge is 0.180 e. The summed E-state index contributed by atoms with van der Waals surface area (Å²) in [6.07, 6.45) is 3.94. The Kier molecular flexibility index (Phi) is 3.74. The maximum Gasteiger partial charge on any atom is 0.180 e. The zero-order valence-corrected chi connectivity index (χ0v) is 10.1. The normalized spacial score (nSPS) is 11.5. The van der Waals surface area contributed by atoms with Crippen LogP contribution in [0.4, 0.5) is 0 Å².